The molecule has 1 aromatic heterocycles. The lowest BCUT2D eigenvalue weighted by Gasteiger charge is -2.24. The van der Waals surface area contributed by atoms with E-state index in [0.717, 1.165) is 18.4 Å². The molecule has 1 aliphatic heterocycles. The molecule has 0 bridgehead atoms. The van der Waals surface area contributed by atoms with Gasteiger partial charge in [0.2, 0.25) is 0 Å². The molecule has 2 aromatic rings. The van der Waals surface area contributed by atoms with Gasteiger partial charge in [-0.25, -0.2) is 9.48 Å². The first-order valence-electron chi connectivity index (χ1n) is 10.3. The Morgan fingerprint density at radius 2 is 2.07 bits per heavy atom. The second-order valence-corrected chi connectivity index (χ2v) is 9.63. The zero-order chi connectivity index (χ0) is 21.8. The van der Waals surface area contributed by atoms with Crippen LogP contribution in [-0.4, -0.2) is 50.7 Å². The minimum Gasteiger partial charge on any atom is -0.444 e. The summed E-state index contributed by atoms with van der Waals surface area (Å²) in [4.78, 5) is 25.7. The first-order chi connectivity index (χ1) is 14.0. The van der Waals surface area contributed by atoms with Crippen LogP contribution >= 0.6 is 0 Å². The van der Waals surface area contributed by atoms with Crippen LogP contribution in [0, 0.1) is 15.5 Å². The van der Waals surface area contributed by atoms with Crippen LogP contribution < -0.4 is 10.2 Å². The molecule has 2 aliphatic rings. The Hall–Kier alpha value is -2.91. The van der Waals surface area contributed by atoms with Crippen molar-refractivity contribution in [2.24, 2.45) is 5.41 Å². The summed E-state index contributed by atoms with van der Waals surface area (Å²) in [5, 5.41) is 23.3. The number of nitro benzene ring substituents is 1. The van der Waals surface area contributed by atoms with E-state index in [9.17, 15) is 14.9 Å². The normalized spacial score (nSPS) is 20.2. The van der Waals surface area contributed by atoms with Crippen LogP contribution in [0.25, 0.3) is 11.0 Å². The number of anilines is 1. The first-order valence-corrected chi connectivity index (χ1v) is 10.3. The van der Waals surface area contributed by atoms with E-state index in [0.29, 0.717) is 24.3 Å². The third-order valence-corrected chi connectivity index (χ3v) is 5.83. The van der Waals surface area contributed by atoms with Crippen LogP contribution in [0.3, 0.4) is 0 Å². The number of carbonyl (C=O) groups is 1. The lowest BCUT2D eigenvalue weighted by molar-refractivity contribution is -0.384. The molecule has 1 saturated heterocycles. The van der Waals surface area contributed by atoms with Gasteiger partial charge in [0, 0.05) is 30.6 Å². The summed E-state index contributed by atoms with van der Waals surface area (Å²) >= 11 is 0. The van der Waals surface area contributed by atoms with Crippen LogP contribution in [0.1, 0.15) is 53.5 Å². The number of amides is 1. The van der Waals surface area contributed by atoms with Gasteiger partial charge in [0.1, 0.15) is 16.8 Å². The fourth-order valence-corrected chi connectivity index (χ4v) is 4.28. The second kappa shape index (κ2) is 6.82. The molecule has 2 heterocycles. The predicted octanol–water partition coefficient (Wildman–Crippen LogP) is 3.41. The number of rotatable bonds is 4. The van der Waals surface area contributed by atoms with Crippen molar-refractivity contribution in [2.75, 3.05) is 18.0 Å². The molecule has 1 aliphatic carbocycles. The number of nitrogens with zero attached hydrogens (tertiary/aromatic N) is 5. The van der Waals surface area contributed by atoms with E-state index in [1.165, 1.54) is 6.07 Å². The Morgan fingerprint density at radius 1 is 1.37 bits per heavy atom. The van der Waals surface area contributed by atoms with Crippen molar-refractivity contribution in [1.29, 1.82) is 0 Å². The van der Waals surface area contributed by atoms with Gasteiger partial charge in [-0.05, 0) is 53.5 Å². The van der Waals surface area contributed by atoms with Gasteiger partial charge >= 0.3 is 6.09 Å². The summed E-state index contributed by atoms with van der Waals surface area (Å²) in [5.41, 5.74) is 1.10. The van der Waals surface area contributed by atoms with Gasteiger partial charge in [-0.15, -0.1) is 5.10 Å². The Balaban J connectivity index is 1.68. The molecule has 0 radical (unpaired) electrons. The number of nitrogens with one attached hydrogen (secondary N) is 1. The number of carbonyl (C=O) groups excluding carboxylic acids is 1. The largest absolute Gasteiger partial charge is 0.444 e. The van der Waals surface area contributed by atoms with Crippen LogP contribution in [0.15, 0.2) is 12.1 Å². The van der Waals surface area contributed by atoms with E-state index in [2.05, 4.69) is 15.6 Å². The molecule has 10 nitrogen and oxygen atoms in total. The highest BCUT2D eigenvalue weighted by molar-refractivity contribution is 5.94. The van der Waals surface area contributed by atoms with Crippen molar-refractivity contribution in [1.82, 2.24) is 20.3 Å². The molecule has 2 fully saturated rings. The highest BCUT2D eigenvalue weighted by Crippen LogP contribution is 2.54. The molecule has 1 saturated carbocycles. The van der Waals surface area contributed by atoms with E-state index < -0.39 is 11.7 Å². The van der Waals surface area contributed by atoms with Crippen molar-refractivity contribution in [3.8, 4) is 0 Å². The molecule has 30 heavy (non-hydrogen) atoms. The average Bonchev–Trinajstić information content (AvgIpc) is 3.12. The van der Waals surface area contributed by atoms with Gasteiger partial charge in [0.15, 0.2) is 0 Å². The molecule has 1 amide bonds. The fraction of sp³-hybridized carbons (Fsp3) is 0.650. The SMILES string of the molecule is CC(C)n1nnc2c(N3C[C@H](NC(=O)OC(C)(C)C)C4(CC4)C3)c([N+](=O)[O-])ccc21. The minimum atomic E-state index is -0.585. The molecule has 1 N–H and O–H groups in total. The molecule has 162 valence electrons. The van der Waals surface area contributed by atoms with Gasteiger partial charge in [0.25, 0.3) is 5.69 Å². The molecular formula is C20H28N6O4. The van der Waals surface area contributed by atoms with E-state index in [4.69, 9.17) is 4.74 Å². The molecule has 10 heteroatoms. The lowest BCUT2D eigenvalue weighted by atomic mass is 10.0. The smallest absolute Gasteiger partial charge is 0.407 e. The fourth-order valence-electron chi connectivity index (χ4n) is 4.28. The summed E-state index contributed by atoms with van der Waals surface area (Å²) in [6.07, 6.45) is 1.47. The van der Waals surface area contributed by atoms with Crippen molar-refractivity contribution < 1.29 is 14.5 Å². The standard InChI is InChI=1S/C20H28N6O4/c1-12(2)25-13-6-7-14(26(28)29)17(16(13)22-23-25)24-10-15(20(11-24)8-9-20)21-18(27)30-19(3,4)5/h6-7,12,15H,8-11H2,1-5H3,(H,21,27)/t15-/m0/s1. The lowest BCUT2D eigenvalue weighted by Crippen LogP contribution is -2.44. The third kappa shape index (κ3) is 3.54. The highest BCUT2D eigenvalue weighted by atomic mass is 16.6. The Labute approximate surface area is 174 Å². The summed E-state index contributed by atoms with van der Waals surface area (Å²) in [6.45, 7) is 10.5. The number of benzene rings is 1. The minimum absolute atomic E-state index is 0.00650. The predicted molar refractivity (Wildman–Crippen MR) is 112 cm³/mol. The zero-order valence-corrected chi connectivity index (χ0v) is 18.0. The Bertz CT molecular complexity index is 1000. The third-order valence-electron chi connectivity index (χ3n) is 5.83. The summed E-state index contributed by atoms with van der Waals surface area (Å²) in [5.74, 6) is 0. The Kier molecular flexibility index (Phi) is 4.63. The van der Waals surface area contributed by atoms with Crippen molar-refractivity contribution in [3.63, 3.8) is 0 Å². The van der Waals surface area contributed by atoms with E-state index in [1.54, 1.807) is 10.7 Å². The van der Waals surface area contributed by atoms with E-state index in [-0.39, 0.29) is 28.1 Å². The van der Waals surface area contributed by atoms with Crippen LogP contribution in [-0.2, 0) is 4.74 Å². The summed E-state index contributed by atoms with van der Waals surface area (Å²) < 4.78 is 7.19. The topological polar surface area (TPSA) is 115 Å². The highest BCUT2D eigenvalue weighted by Gasteiger charge is 2.56. The first kappa shape index (κ1) is 20.4. The number of nitro groups is 1. The molecule has 1 spiro atoms. The van der Waals surface area contributed by atoms with Gasteiger partial charge < -0.3 is 15.0 Å². The van der Waals surface area contributed by atoms with Gasteiger partial charge in [-0.2, -0.15) is 0 Å². The number of aromatic nitrogens is 3. The monoisotopic (exact) mass is 416 g/mol. The molecular weight excluding hydrogens is 388 g/mol. The van der Waals surface area contributed by atoms with Gasteiger partial charge in [0.05, 0.1) is 16.5 Å². The quantitative estimate of drug-likeness (QED) is 0.600. The van der Waals surface area contributed by atoms with Crippen molar-refractivity contribution in [3.05, 3.63) is 22.2 Å². The van der Waals surface area contributed by atoms with Crippen molar-refractivity contribution >= 4 is 28.5 Å². The maximum atomic E-state index is 12.4. The van der Waals surface area contributed by atoms with Gasteiger partial charge in [-0.1, -0.05) is 5.21 Å². The number of alkyl carbamates (subject to hydrolysis) is 1. The molecule has 0 unspecified atom stereocenters. The molecule has 1 aromatic carbocycles. The second-order valence-electron chi connectivity index (χ2n) is 9.63. The van der Waals surface area contributed by atoms with Crippen LogP contribution in [0.5, 0.6) is 0 Å². The molecule has 4 rings (SSSR count). The maximum Gasteiger partial charge on any atom is 0.407 e. The maximum absolute atomic E-state index is 12.4. The average molecular weight is 416 g/mol. The molecule has 1 atom stereocenters. The van der Waals surface area contributed by atoms with Crippen LogP contribution in [0.2, 0.25) is 0 Å². The summed E-state index contributed by atoms with van der Waals surface area (Å²) in [6, 6.07) is 3.17. The van der Waals surface area contributed by atoms with E-state index >= 15 is 0 Å². The van der Waals surface area contributed by atoms with Gasteiger partial charge in [-0.3, -0.25) is 10.1 Å². The van der Waals surface area contributed by atoms with E-state index in [1.807, 2.05) is 39.5 Å². The summed E-state index contributed by atoms with van der Waals surface area (Å²) in [7, 11) is 0. The zero-order valence-electron chi connectivity index (χ0n) is 18.0. The Morgan fingerprint density at radius 3 is 2.63 bits per heavy atom. The van der Waals surface area contributed by atoms with Crippen molar-refractivity contribution in [2.45, 2.75) is 65.1 Å². The number of ether oxygens (including phenoxy) is 1. The number of hydrogen-bond donors (Lipinski definition) is 1. The number of hydrogen-bond acceptors (Lipinski definition) is 7. The number of fused-ring (bicyclic) bond motifs is 1. The van der Waals surface area contributed by atoms with Crippen LogP contribution in [0.4, 0.5) is 16.2 Å².